The lowest BCUT2D eigenvalue weighted by molar-refractivity contribution is 0.282. The van der Waals surface area contributed by atoms with Gasteiger partial charge in [0.1, 0.15) is 0 Å². The third-order valence-electron chi connectivity index (χ3n) is 1.03. The third-order valence-corrected chi connectivity index (χ3v) is 1.03. The molecule has 0 amide bonds. The number of alkyl halides is 1. The van der Waals surface area contributed by atoms with Crippen molar-refractivity contribution in [3.8, 4) is 0 Å². The predicted molar refractivity (Wildman–Crippen MR) is 50.7 cm³/mol. The molecule has 0 saturated heterocycles. The summed E-state index contributed by atoms with van der Waals surface area (Å²) in [5.41, 5.74) is 0.965. The summed E-state index contributed by atoms with van der Waals surface area (Å²) >= 11 is 0. The zero-order valence-electron chi connectivity index (χ0n) is 7.92. The van der Waals surface area contributed by atoms with Crippen molar-refractivity contribution in [2.24, 2.45) is 0 Å². The van der Waals surface area contributed by atoms with Crippen LogP contribution in [0.2, 0.25) is 0 Å². The van der Waals surface area contributed by atoms with Crippen LogP contribution in [0.5, 0.6) is 0 Å². The summed E-state index contributed by atoms with van der Waals surface area (Å²) in [6.45, 7) is 4.14. The second-order valence-corrected chi connectivity index (χ2v) is 1.64. The minimum absolute atomic E-state index is 0.140. The molecule has 0 aliphatic rings. The van der Waals surface area contributed by atoms with Gasteiger partial charge in [-0.3, -0.25) is 4.39 Å². The number of halogens is 1. The molecule has 1 aromatic carbocycles. The van der Waals surface area contributed by atoms with Crippen LogP contribution in [0.1, 0.15) is 19.4 Å². The van der Waals surface area contributed by atoms with E-state index in [4.69, 9.17) is 5.11 Å². The van der Waals surface area contributed by atoms with Crippen LogP contribution < -0.4 is 0 Å². The SMILES string of the molecule is CC.CF.OCc1ccccc1. The first-order chi connectivity index (χ1) is 5.93. The molecule has 1 N–H and O–H groups in total. The maximum atomic E-state index is 9.50. The molecule has 0 aliphatic carbocycles. The zero-order chi connectivity index (χ0) is 9.82. The molecular weight excluding hydrogens is 155 g/mol. The zero-order valence-corrected chi connectivity index (χ0v) is 7.92. The molecule has 0 atom stereocenters. The van der Waals surface area contributed by atoms with Crippen LogP contribution in [0, 0.1) is 0 Å². The van der Waals surface area contributed by atoms with Crippen LogP contribution in [0.3, 0.4) is 0 Å². The van der Waals surface area contributed by atoms with E-state index in [1.54, 1.807) is 0 Å². The summed E-state index contributed by atoms with van der Waals surface area (Å²) in [5, 5.41) is 8.54. The van der Waals surface area contributed by atoms with Gasteiger partial charge in [0.15, 0.2) is 0 Å². The number of aliphatic hydroxyl groups is 1. The molecule has 0 saturated carbocycles. The van der Waals surface area contributed by atoms with E-state index in [1.807, 2.05) is 44.2 Å². The topological polar surface area (TPSA) is 20.2 Å². The Kier molecular flexibility index (Phi) is 14.5. The van der Waals surface area contributed by atoms with Crippen LogP contribution in [0.25, 0.3) is 0 Å². The van der Waals surface area contributed by atoms with Crippen molar-refractivity contribution in [3.05, 3.63) is 35.9 Å². The predicted octanol–water partition coefficient (Wildman–Crippen LogP) is 2.79. The van der Waals surface area contributed by atoms with E-state index in [1.165, 1.54) is 0 Å². The average Bonchev–Trinajstić information content (AvgIpc) is 2.25. The van der Waals surface area contributed by atoms with E-state index in [0.29, 0.717) is 7.18 Å². The molecule has 0 radical (unpaired) electrons. The number of hydrogen-bond donors (Lipinski definition) is 1. The first-order valence-corrected chi connectivity index (χ1v) is 3.96. The third kappa shape index (κ3) is 7.22. The van der Waals surface area contributed by atoms with Gasteiger partial charge < -0.3 is 5.11 Å². The first-order valence-electron chi connectivity index (χ1n) is 3.96. The van der Waals surface area contributed by atoms with Crippen LogP contribution in [-0.2, 0) is 6.61 Å². The fourth-order valence-corrected chi connectivity index (χ4v) is 0.583. The van der Waals surface area contributed by atoms with Gasteiger partial charge in [0.2, 0.25) is 0 Å². The van der Waals surface area contributed by atoms with E-state index in [2.05, 4.69) is 0 Å². The molecule has 0 aromatic heterocycles. The summed E-state index contributed by atoms with van der Waals surface area (Å²) in [7, 11) is 0.500. The van der Waals surface area contributed by atoms with Crippen molar-refractivity contribution >= 4 is 0 Å². The maximum Gasteiger partial charge on any atom is 0.0785 e. The summed E-state index contributed by atoms with van der Waals surface area (Å²) in [6, 6.07) is 9.52. The minimum Gasteiger partial charge on any atom is -0.392 e. The van der Waals surface area contributed by atoms with E-state index < -0.39 is 0 Å². The van der Waals surface area contributed by atoms with E-state index in [-0.39, 0.29) is 6.61 Å². The molecule has 0 unspecified atom stereocenters. The van der Waals surface area contributed by atoms with Crippen LogP contribution >= 0.6 is 0 Å². The fourth-order valence-electron chi connectivity index (χ4n) is 0.583. The molecule has 0 aliphatic heterocycles. The first kappa shape index (κ1) is 13.7. The molecule has 70 valence electrons. The highest BCUT2D eigenvalue weighted by atomic mass is 19.1. The van der Waals surface area contributed by atoms with Gasteiger partial charge in [-0.05, 0) is 5.56 Å². The van der Waals surface area contributed by atoms with Gasteiger partial charge >= 0.3 is 0 Å². The van der Waals surface area contributed by atoms with Crippen molar-refractivity contribution in [2.75, 3.05) is 7.18 Å². The van der Waals surface area contributed by atoms with Gasteiger partial charge in [0, 0.05) is 0 Å². The smallest absolute Gasteiger partial charge is 0.0785 e. The molecule has 0 fully saturated rings. The quantitative estimate of drug-likeness (QED) is 0.690. The Morgan fingerprint density at radius 1 is 1.08 bits per heavy atom. The van der Waals surface area contributed by atoms with Crippen LogP contribution in [0.15, 0.2) is 30.3 Å². The Labute approximate surface area is 73.9 Å². The lowest BCUT2D eigenvalue weighted by atomic mass is 10.2. The minimum atomic E-state index is 0.140. The van der Waals surface area contributed by atoms with Crippen molar-refractivity contribution in [1.82, 2.24) is 0 Å². The number of benzene rings is 1. The normalized spacial score (nSPS) is 7.08. The maximum absolute atomic E-state index is 9.50. The van der Waals surface area contributed by atoms with E-state index in [9.17, 15) is 4.39 Å². The van der Waals surface area contributed by atoms with Crippen LogP contribution in [-0.4, -0.2) is 12.3 Å². The standard InChI is InChI=1S/C7H8O.C2H6.CH3F/c8-6-7-4-2-1-3-5-7;2*1-2/h1-5,8H,6H2;1-2H3;1H3. The summed E-state index contributed by atoms with van der Waals surface area (Å²) < 4.78 is 9.50. The molecule has 0 spiro atoms. The van der Waals surface area contributed by atoms with Crippen molar-refractivity contribution in [1.29, 1.82) is 0 Å². The van der Waals surface area contributed by atoms with Crippen molar-refractivity contribution in [3.63, 3.8) is 0 Å². The fraction of sp³-hybridized carbons (Fsp3) is 0.400. The molecule has 0 heterocycles. The average molecular weight is 172 g/mol. The Morgan fingerprint density at radius 2 is 1.50 bits per heavy atom. The Hall–Kier alpha value is -0.890. The summed E-state index contributed by atoms with van der Waals surface area (Å²) in [5.74, 6) is 0. The molecule has 0 bridgehead atoms. The van der Waals surface area contributed by atoms with E-state index >= 15 is 0 Å². The molecular formula is C10H17FO. The van der Waals surface area contributed by atoms with Crippen molar-refractivity contribution in [2.45, 2.75) is 20.5 Å². The van der Waals surface area contributed by atoms with Gasteiger partial charge in [-0.25, -0.2) is 0 Å². The van der Waals surface area contributed by atoms with Gasteiger partial charge in [-0.15, -0.1) is 0 Å². The number of hydrogen-bond acceptors (Lipinski definition) is 1. The number of rotatable bonds is 1. The Bertz CT molecular complexity index is 151. The largest absolute Gasteiger partial charge is 0.392 e. The molecule has 1 rings (SSSR count). The highest BCUT2D eigenvalue weighted by Crippen LogP contribution is 1.95. The van der Waals surface area contributed by atoms with Crippen molar-refractivity contribution < 1.29 is 9.50 Å². The second kappa shape index (κ2) is 12.8. The van der Waals surface area contributed by atoms with Crippen LogP contribution in [0.4, 0.5) is 4.39 Å². The molecule has 1 nitrogen and oxygen atoms in total. The Balaban J connectivity index is 0. The lowest BCUT2D eigenvalue weighted by Crippen LogP contribution is -1.77. The van der Waals surface area contributed by atoms with Gasteiger partial charge in [-0.1, -0.05) is 44.2 Å². The highest BCUT2D eigenvalue weighted by molar-refractivity contribution is 5.12. The Morgan fingerprint density at radius 3 is 1.75 bits per heavy atom. The molecule has 1 aromatic rings. The summed E-state index contributed by atoms with van der Waals surface area (Å²) in [6.07, 6.45) is 0. The second-order valence-electron chi connectivity index (χ2n) is 1.64. The molecule has 2 heteroatoms. The van der Waals surface area contributed by atoms with Gasteiger partial charge in [0.25, 0.3) is 0 Å². The lowest BCUT2D eigenvalue weighted by Gasteiger charge is -1.89. The number of aliphatic hydroxyl groups excluding tert-OH is 1. The summed E-state index contributed by atoms with van der Waals surface area (Å²) in [4.78, 5) is 0. The van der Waals surface area contributed by atoms with Gasteiger partial charge in [-0.2, -0.15) is 0 Å². The van der Waals surface area contributed by atoms with E-state index in [0.717, 1.165) is 5.56 Å². The monoisotopic (exact) mass is 172 g/mol. The highest BCUT2D eigenvalue weighted by Gasteiger charge is 1.81. The molecule has 12 heavy (non-hydrogen) atoms. The van der Waals surface area contributed by atoms with Gasteiger partial charge in [0.05, 0.1) is 13.8 Å².